The summed E-state index contributed by atoms with van der Waals surface area (Å²) < 4.78 is 32.9. The van der Waals surface area contributed by atoms with Crippen molar-refractivity contribution < 1.29 is 22.7 Å². The molecule has 0 saturated carbocycles. The Kier molecular flexibility index (Phi) is 6.88. The standard InChI is InChI=1S/C23H24N4O5S/c1-15-11-12-18(33(30,31)27(2)20-9-4-5-10-21(20)32-3)14-19(15)22(28)25-16-7-6-8-17(13-16)26-23(24)29/h4-14H,1-3H3,(H,25,28)(H3,24,26,29). The van der Waals surface area contributed by atoms with Crippen molar-refractivity contribution in [3.63, 3.8) is 0 Å². The van der Waals surface area contributed by atoms with Crippen LogP contribution in [0.1, 0.15) is 15.9 Å². The van der Waals surface area contributed by atoms with Crippen molar-refractivity contribution in [2.75, 3.05) is 29.1 Å². The molecule has 0 spiro atoms. The Morgan fingerprint density at radius 2 is 1.61 bits per heavy atom. The van der Waals surface area contributed by atoms with Gasteiger partial charge in [0.15, 0.2) is 0 Å². The van der Waals surface area contributed by atoms with Crippen LogP contribution in [-0.2, 0) is 10.0 Å². The minimum Gasteiger partial charge on any atom is -0.495 e. The third kappa shape index (κ3) is 5.24. The zero-order valence-electron chi connectivity index (χ0n) is 18.3. The second kappa shape index (κ2) is 9.61. The van der Waals surface area contributed by atoms with E-state index >= 15 is 0 Å². The first-order valence-electron chi connectivity index (χ1n) is 9.84. The summed E-state index contributed by atoms with van der Waals surface area (Å²) in [6, 6.07) is 16.8. The first-order chi connectivity index (χ1) is 15.6. The molecule has 0 saturated heterocycles. The number of nitrogens with zero attached hydrogens (tertiary/aromatic N) is 1. The molecule has 3 amide bonds. The van der Waals surface area contributed by atoms with E-state index in [-0.39, 0.29) is 10.5 Å². The fourth-order valence-electron chi connectivity index (χ4n) is 3.20. The van der Waals surface area contributed by atoms with Gasteiger partial charge in [0.05, 0.1) is 17.7 Å². The number of aryl methyl sites for hydroxylation is 1. The maximum atomic E-state index is 13.3. The number of nitrogens with one attached hydrogen (secondary N) is 2. The molecule has 3 rings (SSSR count). The predicted molar refractivity (Wildman–Crippen MR) is 127 cm³/mol. The predicted octanol–water partition coefficient (Wildman–Crippen LogP) is 3.57. The van der Waals surface area contributed by atoms with Crippen molar-refractivity contribution in [3.8, 4) is 5.75 Å². The quantitative estimate of drug-likeness (QED) is 0.488. The van der Waals surface area contributed by atoms with E-state index in [9.17, 15) is 18.0 Å². The average Bonchev–Trinajstić information content (AvgIpc) is 2.78. The first kappa shape index (κ1) is 23.6. The number of ether oxygens (including phenoxy) is 1. The van der Waals surface area contributed by atoms with Crippen LogP contribution >= 0.6 is 0 Å². The Hall–Kier alpha value is -4.05. The molecule has 3 aromatic rings. The van der Waals surface area contributed by atoms with Crippen LogP contribution in [0.2, 0.25) is 0 Å². The number of rotatable bonds is 7. The summed E-state index contributed by atoms with van der Waals surface area (Å²) in [5, 5.41) is 5.14. The van der Waals surface area contributed by atoms with Gasteiger partial charge in [-0.25, -0.2) is 13.2 Å². The van der Waals surface area contributed by atoms with Crippen LogP contribution in [0.15, 0.2) is 71.6 Å². The van der Waals surface area contributed by atoms with Crippen molar-refractivity contribution >= 4 is 39.0 Å². The molecule has 0 aromatic heterocycles. The van der Waals surface area contributed by atoms with Gasteiger partial charge >= 0.3 is 6.03 Å². The number of sulfonamides is 1. The fourth-order valence-corrected chi connectivity index (χ4v) is 4.43. The van der Waals surface area contributed by atoms with Crippen molar-refractivity contribution in [3.05, 3.63) is 77.9 Å². The second-order valence-electron chi connectivity index (χ2n) is 7.15. The smallest absolute Gasteiger partial charge is 0.316 e. The SMILES string of the molecule is COc1ccccc1N(C)S(=O)(=O)c1ccc(C)c(C(=O)Nc2cccc(NC(N)=O)c2)c1. The van der Waals surface area contributed by atoms with Crippen LogP contribution in [0.25, 0.3) is 0 Å². The highest BCUT2D eigenvalue weighted by Gasteiger charge is 2.25. The number of primary amides is 1. The number of benzene rings is 3. The second-order valence-corrected chi connectivity index (χ2v) is 9.11. The van der Waals surface area contributed by atoms with Gasteiger partial charge < -0.3 is 21.1 Å². The molecule has 172 valence electrons. The molecule has 0 fully saturated rings. The van der Waals surface area contributed by atoms with Crippen LogP contribution in [0.3, 0.4) is 0 Å². The molecule has 9 nitrogen and oxygen atoms in total. The fraction of sp³-hybridized carbons (Fsp3) is 0.130. The Balaban J connectivity index is 1.91. The van der Waals surface area contributed by atoms with Gasteiger partial charge in [-0.05, 0) is 55.0 Å². The zero-order chi connectivity index (χ0) is 24.2. The van der Waals surface area contributed by atoms with Crippen molar-refractivity contribution in [2.24, 2.45) is 5.73 Å². The molecular formula is C23H24N4O5S. The summed E-state index contributed by atoms with van der Waals surface area (Å²) >= 11 is 0. The number of carbonyl (C=O) groups is 2. The molecule has 0 aliphatic heterocycles. The lowest BCUT2D eigenvalue weighted by molar-refractivity contribution is 0.102. The minimum absolute atomic E-state index is 0.0456. The minimum atomic E-state index is -3.98. The van der Waals surface area contributed by atoms with E-state index in [2.05, 4.69) is 10.6 Å². The topological polar surface area (TPSA) is 131 Å². The zero-order valence-corrected chi connectivity index (χ0v) is 19.1. The number of anilines is 3. The van der Waals surface area contributed by atoms with Crippen LogP contribution in [-0.4, -0.2) is 34.5 Å². The number of hydrogen-bond donors (Lipinski definition) is 3. The third-order valence-corrected chi connectivity index (χ3v) is 6.69. The Bertz CT molecular complexity index is 1310. The summed E-state index contributed by atoms with van der Waals surface area (Å²) in [7, 11) is -1.10. The van der Waals surface area contributed by atoms with Gasteiger partial charge in [-0.3, -0.25) is 9.10 Å². The Labute approximate surface area is 192 Å². The van der Waals surface area contributed by atoms with Crippen molar-refractivity contribution in [2.45, 2.75) is 11.8 Å². The number of para-hydroxylation sites is 2. The first-order valence-corrected chi connectivity index (χ1v) is 11.3. The summed E-state index contributed by atoms with van der Waals surface area (Å²) in [5.41, 5.74) is 7.09. The number of nitrogens with two attached hydrogens (primary N) is 1. The molecule has 0 aliphatic carbocycles. The van der Waals surface area contributed by atoms with Gasteiger partial charge in [0.1, 0.15) is 5.75 Å². The number of amides is 3. The Morgan fingerprint density at radius 1 is 0.939 bits per heavy atom. The van der Waals surface area contributed by atoms with E-state index in [1.165, 1.54) is 32.4 Å². The highest BCUT2D eigenvalue weighted by molar-refractivity contribution is 7.92. The van der Waals surface area contributed by atoms with Crippen molar-refractivity contribution in [1.82, 2.24) is 0 Å². The lowest BCUT2D eigenvalue weighted by Crippen LogP contribution is -2.27. The molecule has 0 aliphatic rings. The third-order valence-electron chi connectivity index (χ3n) is 4.92. The average molecular weight is 469 g/mol. The highest BCUT2D eigenvalue weighted by Crippen LogP contribution is 2.31. The largest absolute Gasteiger partial charge is 0.495 e. The van der Waals surface area contributed by atoms with E-state index < -0.39 is 22.0 Å². The van der Waals surface area contributed by atoms with E-state index in [0.717, 1.165) is 4.31 Å². The summed E-state index contributed by atoms with van der Waals surface area (Å²) in [4.78, 5) is 23.9. The molecule has 0 atom stereocenters. The van der Waals surface area contributed by atoms with E-state index in [1.54, 1.807) is 55.5 Å². The maximum absolute atomic E-state index is 13.3. The van der Waals surface area contributed by atoms with E-state index in [0.29, 0.717) is 28.4 Å². The van der Waals surface area contributed by atoms with Crippen LogP contribution in [0, 0.1) is 6.92 Å². The van der Waals surface area contributed by atoms with E-state index in [4.69, 9.17) is 10.5 Å². The molecule has 10 heteroatoms. The summed E-state index contributed by atoms with van der Waals surface area (Å²) in [6.07, 6.45) is 0. The van der Waals surface area contributed by atoms with Gasteiger partial charge in [-0.2, -0.15) is 0 Å². The van der Waals surface area contributed by atoms with Gasteiger partial charge in [-0.15, -0.1) is 0 Å². The molecule has 33 heavy (non-hydrogen) atoms. The van der Waals surface area contributed by atoms with Crippen LogP contribution in [0.5, 0.6) is 5.75 Å². The van der Waals surface area contributed by atoms with Crippen LogP contribution in [0.4, 0.5) is 21.9 Å². The lowest BCUT2D eigenvalue weighted by Gasteiger charge is -2.22. The van der Waals surface area contributed by atoms with Crippen LogP contribution < -0.4 is 25.4 Å². The molecule has 3 aromatic carbocycles. The number of hydrogen-bond acceptors (Lipinski definition) is 5. The van der Waals surface area contributed by atoms with Gasteiger partial charge in [-0.1, -0.05) is 24.3 Å². The number of methoxy groups -OCH3 is 1. The molecule has 0 radical (unpaired) electrons. The molecular weight excluding hydrogens is 444 g/mol. The normalized spacial score (nSPS) is 10.9. The molecule has 0 heterocycles. The van der Waals surface area contributed by atoms with Gasteiger partial charge in [0, 0.05) is 24.0 Å². The lowest BCUT2D eigenvalue weighted by atomic mass is 10.1. The Morgan fingerprint density at radius 3 is 2.27 bits per heavy atom. The van der Waals surface area contributed by atoms with Gasteiger partial charge in [0.2, 0.25) is 0 Å². The van der Waals surface area contributed by atoms with Crippen molar-refractivity contribution in [1.29, 1.82) is 0 Å². The summed E-state index contributed by atoms with van der Waals surface area (Å²) in [6.45, 7) is 1.71. The maximum Gasteiger partial charge on any atom is 0.316 e. The molecule has 0 unspecified atom stereocenters. The number of urea groups is 1. The summed E-state index contributed by atoms with van der Waals surface area (Å²) in [5.74, 6) is -0.0983. The van der Waals surface area contributed by atoms with E-state index in [1.807, 2.05) is 0 Å². The molecule has 0 bridgehead atoms. The monoisotopic (exact) mass is 468 g/mol. The molecule has 4 N–H and O–H groups in total. The number of carbonyl (C=O) groups excluding carboxylic acids is 2. The highest BCUT2D eigenvalue weighted by atomic mass is 32.2. The van der Waals surface area contributed by atoms with Gasteiger partial charge in [0.25, 0.3) is 15.9 Å².